The van der Waals surface area contributed by atoms with Crippen molar-refractivity contribution in [2.24, 2.45) is 5.92 Å². The van der Waals surface area contributed by atoms with Gasteiger partial charge in [-0.25, -0.2) is 0 Å². The number of benzene rings is 1. The number of hydrogen-bond acceptors (Lipinski definition) is 3. The second-order valence-electron chi connectivity index (χ2n) is 4.29. The van der Waals surface area contributed by atoms with Gasteiger partial charge in [0.15, 0.2) is 0 Å². The zero-order chi connectivity index (χ0) is 12.7. The summed E-state index contributed by atoms with van der Waals surface area (Å²) in [6.45, 7) is 4.92. The van der Waals surface area contributed by atoms with Crippen LogP contribution >= 0.6 is 11.8 Å². The summed E-state index contributed by atoms with van der Waals surface area (Å²) in [5.74, 6) is 0.980. The van der Waals surface area contributed by atoms with Crippen LogP contribution in [0.3, 0.4) is 0 Å². The van der Waals surface area contributed by atoms with Gasteiger partial charge in [0.2, 0.25) is 5.91 Å². The van der Waals surface area contributed by atoms with Crippen LogP contribution in [0.4, 0.5) is 0 Å². The molecule has 1 aromatic rings. The number of aliphatic hydroxyl groups is 1. The van der Waals surface area contributed by atoms with E-state index in [-0.39, 0.29) is 12.5 Å². The molecule has 1 rings (SSSR count). The Morgan fingerprint density at radius 1 is 1.35 bits per heavy atom. The van der Waals surface area contributed by atoms with Gasteiger partial charge in [0.25, 0.3) is 0 Å². The minimum Gasteiger partial charge on any atom is -0.392 e. The SMILES string of the molecule is CC(C)CNC(=O)CSc1ccc(CO)cc1. The maximum absolute atomic E-state index is 11.5. The number of aliphatic hydroxyl groups excluding tert-OH is 1. The number of thioether (sulfide) groups is 1. The van der Waals surface area contributed by atoms with Crippen LogP contribution in [0.2, 0.25) is 0 Å². The minimum absolute atomic E-state index is 0.0554. The fraction of sp³-hybridized carbons (Fsp3) is 0.462. The first-order valence-corrected chi connectivity index (χ1v) is 6.69. The molecule has 0 aromatic heterocycles. The van der Waals surface area contributed by atoms with Crippen LogP contribution in [-0.4, -0.2) is 23.3 Å². The monoisotopic (exact) mass is 253 g/mol. The summed E-state index contributed by atoms with van der Waals surface area (Å²) in [5.41, 5.74) is 0.888. The van der Waals surface area contributed by atoms with Crippen LogP contribution < -0.4 is 5.32 Å². The Hall–Kier alpha value is -1.00. The van der Waals surface area contributed by atoms with E-state index in [1.165, 1.54) is 11.8 Å². The summed E-state index contributed by atoms with van der Waals surface area (Å²) in [5, 5.41) is 11.8. The van der Waals surface area contributed by atoms with Crippen LogP contribution in [0.25, 0.3) is 0 Å². The highest BCUT2D eigenvalue weighted by molar-refractivity contribution is 8.00. The molecule has 1 aromatic carbocycles. The molecule has 0 spiro atoms. The number of carbonyl (C=O) groups is 1. The largest absolute Gasteiger partial charge is 0.392 e. The molecule has 4 heteroatoms. The van der Waals surface area contributed by atoms with Gasteiger partial charge in [0.05, 0.1) is 12.4 Å². The molecule has 3 nitrogen and oxygen atoms in total. The van der Waals surface area contributed by atoms with E-state index in [0.717, 1.165) is 17.0 Å². The Labute approximate surface area is 107 Å². The lowest BCUT2D eigenvalue weighted by Crippen LogP contribution is -2.28. The van der Waals surface area contributed by atoms with Crippen molar-refractivity contribution >= 4 is 17.7 Å². The molecule has 0 fully saturated rings. The van der Waals surface area contributed by atoms with E-state index < -0.39 is 0 Å². The normalized spacial score (nSPS) is 10.6. The number of amides is 1. The topological polar surface area (TPSA) is 49.3 Å². The van der Waals surface area contributed by atoms with Crippen molar-refractivity contribution in [2.75, 3.05) is 12.3 Å². The van der Waals surface area contributed by atoms with Crippen LogP contribution in [-0.2, 0) is 11.4 Å². The van der Waals surface area contributed by atoms with Crippen LogP contribution in [0.1, 0.15) is 19.4 Å². The second kappa shape index (κ2) is 7.35. The lowest BCUT2D eigenvalue weighted by Gasteiger charge is -2.07. The predicted octanol–water partition coefficient (Wildman–Crippen LogP) is 2.04. The summed E-state index contributed by atoms with van der Waals surface area (Å²) in [6.07, 6.45) is 0. The maximum atomic E-state index is 11.5. The Morgan fingerprint density at radius 2 is 2.00 bits per heavy atom. The van der Waals surface area contributed by atoms with Crippen molar-refractivity contribution in [3.05, 3.63) is 29.8 Å². The number of nitrogens with one attached hydrogen (secondary N) is 1. The van der Waals surface area contributed by atoms with Gasteiger partial charge in [-0.2, -0.15) is 0 Å². The van der Waals surface area contributed by atoms with Gasteiger partial charge in [0, 0.05) is 11.4 Å². The zero-order valence-corrected chi connectivity index (χ0v) is 11.1. The zero-order valence-electron chi connectivity index (χ0n) is 10.3. The molecule has 0 saturated carbocycles. The first-order chi connectivity index (χ1) is 8.11. The first-order valence-electron chi connectivity index (χ1n) is 5.71. The average Bonchev–Trinajstić information content (AvgIpc) is 2.34. The molecule has 0 bridgehead atoms. The van der Waals surface area contributed by atoms with Gasteiger partial charge in [-0.1, -0.05) is 26.0 Å². The number of carbonyl (C=O) groups excluding carboxylic acids is 1. The van der Waals surface area contributed by atoms with E-state index in [1.54, 1.807) is 0 Å². The molecule has 1 amide bonds. The van der Waals surface area contributed by atoms with E-state index in [1.807, 2.05) is 24.3 Å². The van der Waals surface area contributed by atoms with Crippen LogP contribution in [0, 0.1) is 5.92 Å². The van der Waals surface area contributed by atoms with Crippen molar-refractivity contribution in [3.8, 4) is 0 Å². The summed E-state index contributed by atoms with van der Waals surface area (Å²) >= 11 is 1.51. The Morgan fingerprint density at radius 3 is 2.53 bits per heavy atom. The molecule has 0 heterocycles. The predicted molar refractivity (Wildman–Crippen MR) is 70.9 cm³/mol. The maximum Gasteiger partial charge on any atom is 0.230 e. The Bertz CT molecular complexity index is 349. The van der Waals surface area contributed by atoms with Crippen molar-refractivity contribution in [3.63, 3.8) is 0 Å². The lowest BCUT2D eigenvalue weighted by molar-refractivity contribution is -0.118. The van der Waals surface area contributed by atoms with E-state index in [0.29, 0.717) is 11.7 Å². The van der Waals surface area contributed by atoms with Gasteiger partial charge in [-0.3, -0.25) is 4.79 Å². The molecule has 0 saturated heterocycles. The molecule has 0 aliphatic heterocycles. The third-order valence-corrected chi connectivity index (χ3v) is 3.20. The van der Waals surface area contributed by atoms with Gasteiger partial charge < -0.3 is 10.4 Å². The Balaban J connectivity index is 2.31. The van der Waals surface area contributed by atoms with Crippen LogP contribution in [0.5, 0.6) is 0 Å². The van der Waals surface area contributed by atoms with E-state index in [2.05, 4.69) is 19.2 Å². The van der Waals surface area contributed by atoms with Crippen molar-refractivity contribution in [1.82, 2.24) is 5.32 Å². The molecule has 94 valence electrons. The van der Waals surface area contributed by atoms with Gasteiger partial charge in [0.1, 0.15) is 0 Å². The Kier molecular flexibility index (Phi) is 6.08. The molecule has 17 heavy (non-hydrogen) atoms. The molecule has 0 atom stereocenters. The third-order valence-electron chi connectivity index (χ3n) is 2.18. The fourth-order valence-electron chi connectivity index (χ4n) is 1.21. The molecular weight excluding hydrogens is 234 g/mol. The lowest BCUT2D eigenvalue weighted by atomic mass is 10.2. The highest BCUT2D eigenvalue weighted by Crippen LogP contribution is 2.18. The number of hydrogen-bond donors (Lipinski definition) is 2. The standard InChI is InChI=1S/C13H19NO2S/c1-10(2)7-14-13(16)9-17-12-5-3-11(8-15)4-6-12/h3-6,10,15H,7-9H2,1-2H3,(H,14,16). The fourth-order valence-corrected chi connectivity index (χ4v) is 1.94. The van der Waals surface area contributed by atoms with Crippen molar-refractivity contribution in [1.29, 1.82) is 0 Å². The molecular formula is C13H19NO2S. The average molecular weight is 253 g/mol. The molecule has 0 aliphatic rings. The minimum atomic E-state index is 0.0554. The quantitative estimate of drug-likeness (QED) is 0.763. The highest BCUT2D eigenvalue weighted by atomic mass is 32.2. The summed E-state index contributed by atoms with van der Waals surface area (Å²) < 4.78 is 0. The third kappa shape index (κ3) is 5.75. The smallest absolute Gasteiger partial charge is 0.230 e. The summed E-state index contributed by atoms with van der Waals surface area (Å²) in [7, 11) is 0. The molecule has 0 radical (unpaired) electrons. The van der Waals surface area contributed by atoms with E-state index in [4.69, 9.17) is 5.11 Å². The van der Waals surface area contributed by atoms with Crippen molar-refractivity contribution in [2.45, 2.75) is 25.3 Å². The van der Waals surface area contributed by atoms with E-state index >= 15 is 0 Å². The van der Waals surface area contributed by atoms with Gasteiger partial charge >= 0.3 is 0 Å². The summed E-state index contributed by atoms with van der Waals surface area (Å²) in [4.78, 5) is 12.5. The first kappa shape index (κ1) is 14.1. The van der Waals surface area contributed by atoms with E-state index in [9.17, 15) is 4.79 Å². The molecule has 0 aliphatic carbocycles. The second-order valence-corrected chi connectivity index (χ2v) is 5.34. The van der Waals surface area contributed by atoms with Crippen molar-refractivity contribution < 1.29 is 9.90 Å². The molecule has 2 N–H and O–H groups in total. The highest BCUT2D eigenvalue weighted by Gasteiger charge is 2.03. The number of rotatable bonds is 6. The summed E-state index contributed by atoms with van der Waals surface area (Å²) in [6, 6.07) is 7.58. The van der Waals surface area contributed by atoms with Gasteiger partial charge in [-0.15, -0.1) is 11.8 Å². The van der Waals surface area contributed by atoms with Crippen LogP contribution in [0.15, 0.2) is 29.2 Å². The molecule has 0 unspecified atom stereocenters. The van der Waals surface area contributed by atoms with Gasteiger partial charge in [-0.05, 0) is 23.6 Å².